The van der Waals surface area contributed by atoms with Gasteiger partial charge in [-0.2, -0.15) is 0 Å². The van der Waals surface area contributed by atoms with Crippen molar-refractivity contribution < 1.29 is 22.7 Å². The number of pyridine rings is 1. The summed E-state index contributed by atoms with van der Waals surface area (Å²) in [6.45, 7) is 2.95. The van der Waals surface area contributed by atoms with E-state index in [9.17, 15) is 18.0 Å². The molecule has 3 nitrogen and oxygen atoms in total. The zero-order valence-corrected chi connectivity index (χ0v) is 8.76. The van der Waals surface area contributed by atoms with Crippen molar-refractivity contribution in [2.75, 3.05) is 6.61 Å². The predicted octanol–water partition coefficient (Wildman–Crippen LogP) is 2.64. The first-order valence-electron chi connectivity index (χ1n) is 4.59. The van der Waals surface area contributed by atoms with Crippen LogP contribution in [0.1, 0.15) is 35.1 Å². The normalized spacial score (nSPS) is 10.6. The summed E-state index contributed by atoms with van der Waals surface area (Å²) in [4.78, 5) is 14.5. The first kappa shape index (κ1) is 12.5. The van der Waals surface area contributed by atoms with Crippen LogP contribution in [0.25, 0.3) is 0 Å². The highest BCUT2D eigenvalue weighted by molar-refractivity contribution is 5.87. The van der Waals surface area contributed by atoms with Crippen LogP contribution in [-0.4, -0.2) is 17.6 Å². The Morgan fingerprint density at radius 2 is 2.19 bits per heavy atom. The summed E-state index contributed by atoms with van der Waals surface area (Å²) < 4.78 is 42.5. The number of carbonyl (C=O) groups excluding carboxylic acids is 1. The topological polar surface area (TPSA) is 39.2 Å². The van der Waals surface area contributed by atoms with E-state index in [1.807, 2.05) is 0 Å². The molecule has 0 aliphatic carbocycles. The van der Waals surface area contributed by atoms with Gasteiger partial charge in [-0.3, -0.25) is 0 Å². The van der Waals surface area contributed by atoms with E-state index < -0.39 is 23.9 Å². The third kappa shape index (κ3) is 2.50. The first-order chi connectivity index (χ1) is 7.47. The molecular weight excluding hydrogens is 223 g/mol. The molecule has 1 aromatic rings. The number of nitrogens with zero attached hydrogens (tertiary/aromatic N) is 1. The highest BCUT2D eigenvalue weighted by atomic mass is 19.3. The molecule has 0 amide bonds. The number of esters is 1. The SMILES string of the molecule is CCOC(=O)c1cc(C)c(F)c(C(F)F)n1. The molecule has 0 unspecified atom stereocenters. The summed E-state index contributed by atoms with van der Waals surface area (Å²) in [5.74, 6) is -1.93. The predicted molar refractivity (Wildman–Crippen MR) is 49.8 cm³/mol. The van der Waals surface area contributed by atoms with Crippen molar-refractivity contribution in [1.29, 1.82) is 0 Å². The van der Waals surface area contributed by atoms with Crippen molar-refractivity contribution in [3.05, 3.63) is 28.8 Å². The monoisotopic (exact) mass is 233 g/mol. The smallest absolute Gasteiger partial charge is 0.356 e. The Kier molecular flexibility index (Phi) is 3.87. The Balaban J connectivity index is 3.18. The van der Waals surface area contributed by atoms with Crippen LogP contribution in [0.4, 0.5) is 13.2 Å². The summed E-state index contributed by atoms with van der Waals surface area (Å²) in [7, 11) is 0. The molecule has 1 rings (SSSR count). The lowest BCUT2D eigenvalue weighted by atomic mass is 10.2. The fraction of sp³-hybridized carbons (Fsp3) is 0.400. The van der Waals surface area contributed by atoms with E-state index in [1.54, 1.807) is 6.92 Å². The minimum atomic E-state index is -3.06. The van der Waals surface area contributed by atoms with Gasteiger partial charge >= 0.3 is 5.97 Å². The fourth-order valence-electron chi connectivity index (χ4n) is 1.14. The Hall–Kier alpha value is -1.59. The van der Waals surface area contributed by atoms with Crippen LogP contribution in [0.3, 0.4) is 0 Å². The number of hydrogen-bond donors (Lipinski definition) is 0. The molecule has 0 atom stereocenters. The lowest BCUT2D eigenvalue weighted by Gasteiger charge is -2.07. The number of alkyl halides is 2. The highest BCUT2D eigenvalue weighted by Crippen LogP contribution is 2.22. The third-order valence-corrected chi connectivity index (χ3v) is 1.86. The standard InChI is InChI=1S/C10H10F3NO2/c1-3-16-10(15)6-4-5(2)7(11)8(14-6)9(12)13/h4,9H,3H2,1-2H3. The Bertz CT molecular complexity index is 407. The lowest BCUT2D eigenvalue weighted by molar-refractivity contribution is 0.0517. The number of rotatable bonds is 3. The van der Waals surface area contributed by atoms with Gasteiger partial charge in [-0.25, -0.2) is 22.9 Å². The van der Waals surface area contributed by atoms with Gasteiger partial charge in [0.05, 0.1) is 6.61 Å². The number of aryl methyl sites for hydroxylation is 1. The second kappa shape index (κ2) is 4.96. The molecule has 0 fully saturated rings. The zero-order chi connectivity index (χ0) is 12.3. The van der Waals surface area contributed by atoms with E-state index in [1.165, 1.54) is 6.92 Å². The van der Waals surface area contributed by atoms with Crippen molar-refractivity contribution in [2.24, 2.45) is 0 Å². The quantitative estimate of drug-likeness (QED) is 0.753. The molecule has 1 aromatic heterocycles. The summed E-state index contributed by atoms with van der Waals surface area (Å²) in [6.07, 6.45) is -3.06. The first-order valence-corrected chi connectivity index (χ1v) is 4.59. The average molecular weight is 233 g/mol. The summed E-state index contributed by atoms with van der Waals surface area (Å²) >= 11 is 0. The Morgan fingerprint density at radius 1 is 1.56 bits per heavy atom. The van der Waals surface area contributed by atoms with Gasteiger partial charge in [0.25, 0.3) is 6.43 Å². The largest absolute Gasteiger partial charge is 0.461 e. The number of carbonyl (C=O) groups is 1. The van der Waals surface area contributed by atoms with Crippen molar-refractivity contribution in [1.82, 2.24) is 4.98 Å². The van der Waals surface area contributed by atoms with E-state index in [0.29, 0.717) is 0 Å². The van der Waals surface area contributed by atoms with E-state index in [-0.39, 0.29) is 17.9 Å². The summed E-state index contributed by atoms with van der Waals surface area (Å²) in [5, 5.41) is 0. The second-order valence-corrected chi connectivity index (χ2v) is 3.04. The van der Waals surface area contributed by atoms with Gasteiger partial charge in [0, 0.05) is 0 Å². The van der Waals surface area contributed by atoms with Crippen LogP contribution >= 0.6 is 0 Å². The summed E-state index contributed by atoms with van der Waals surface area (Å²) in [6, 6.07) is 1.08. The summed E-state index contributed by atoms with van der Waals surface area (Å²) in [5.41, 5.74) is -1.40. The van der Waals surface area contributed by atoms with Gasteiger partial charge in [-0.15, -0.1) is 0 Å². The highest BCUT2D eigenvalue weighted by Gasteiger charge is 2.21. The van der Waals surface area contributed by atoms with E-state index >= 15 is 0 Å². The minimum absolute atomic E-state index is 0.0617. The molecule has 0 N–H and O–H groups in total. The number of hydrogen-bond acceptors (Lipinski definition) is 3. The molecular formula is C10H10F3NO2. The van der Waals surface area contributed by atoms with Crippen LogP contribution in [0, 0.1) is 12.7 Å². The maximum absolute atomic E-state index is 13.2. The molecule has 0 aliphatic heterocycles. The number of halogens is 3. The molecule has 6 heteroatoms. The van der Waals surface area contributed by atoms with Crippen molar-refractivity contribution >= 4 is 5.97 Å². The van der Waals surface area contributed by atoms with Crippen LogP contribution in [0.5, 0.6) is 0 Å². The maximum Gasteiger partial charge on any atom is 0.356 e. The third-order valence-electron chi connectivity index (χ3n) is 1.86. The molecule has 0 aliphatic rings. The molecule has 0 aromatic carbocycles. The van der Waals surface area contributed by atoms with Gasteiger partial charge in [0.2, 0.25) is 0 Å². The minimum Gasteiger partial charge on any atom is -0.461 e. The maximum atomic E-state index is 13.2. The Labute approximate surface area is 90.2 Å². The van der Waals surface area contributed by atoms with E-state index in [0.717, 1.165) is 6.07 Å². The Morgan fingerprint density at radius 3 is 2.69 bits per heavy atom. The molecule has 0 saturated heterocycles. The molecule has 0 bridgehead atoms. The zero-order valence-electron chi connectivity index (χ0n) is 8.76. The van der Waals surface area contributed by atoms with Gasteiger partial charge in [-0.05, 0) is 25.5 Å². The molecule has 88 valence electrons. The average Bonchev–Trinajstić information content (AvgIpc) is 2.21. The fourth-order valence-corrected chi connectivity index (χ4v) is 1.14. The van der Waals surface area contributed by atoms with Crippen LogP contribution in [0.2, 0.25) is 0 Å². The van der Waals surface area contributed by atoms with Gasteiger partial charge in [-0.1, -0.05) is 0 Å². The number of ether oxygens (including phenoxy) is 1. The van der Waals surface area contributed by atoms with E-state index in [2.05, 4.69) is 9.72 Å². The van der Waals surface area contributed by atoms with E-state index in [4.69, 9.17) is 0 Å². The van der Waals surface area contributed by atoms with Gasteiger partial charge in [0.1, 0.15) is 11.4 Å². The molecule has 0 spiro atoms. The lowest BCUT2D eigenvalue weighted by Crippen LogP contribution is -2.11. The van der Waals surface area contributed by atoms with Crippen LogP contribution in [0.15, 0.2) is 6.07 Å². The molecule has 0 saturated carbocycles. The van der Waals surface area contributed by atoms with Crippen molar-refractivity contribution in [3.8, 4) is 0 Å². The number of aromatic nitrogens is 1. The molecule has 16 heavy (non-hydrogen) atoms. The molecule has 1 heterocycles. The van der Waals surface area contributed by atoms with Gasteiger partial charge in [0.15, 0.2) is 5.82 Å². The van der Waals surface area contributed by atoms with Gasteiger partial charge < -0.3 is 4.74 Å². The van der Waals surface area contributed by atoms with Crippen molar-refractivity contribution in [2.45, 2.75) is 20.3 Å². The second-order valence-electron chi connectivity index (χ2n) is 3.04. The molecule has 0 radical (unpaired) electrons. The van der Waals surface area contributed by atoms with Crippen LogP contribution < -0.4 is 0 Å². The van der Waals surface area contributed by atoms with Crippen molar-refractivity contribution in [3.63, 3.8) is 0 Å². The van der Waals surface area contributed by atoms with Crippen LogP contribution in [-0.2, 0) is 4.74 Å².